The van der Waals surface area contributed by atoms with Crippen LogP contribution >= 0.6 is 11.8 Å². The number of fused-ring (bicyclic) bond motifs is 1. The summed E-state index contributed by atoms with van der Waals surface area (Å²) >= 11 is 1.01. The maximum atomic E-state index is 12.6. The number of benzene rings is 2. The molecule has 0 saturated carbocycles. The fourth-order valence-electron chi connectivity index (χ4n) is 3.61. The highest BCUT2D eigenvalue weighted by molar-refractivity contribution is 8.14. The Kier molecular flexibility index (Phi) is 5.59. The zero-order valence-corrected chi connectivity index (χ0v) is 17.3. The van der Waals surface area contributed by atoms with E-state index in [-0.39, 0.29) is 35.3 Å². The van der Waals surface area contributed by atoms with E-state index in [1.807, 2.05) is 19.1 Å². The molecule has 1 saturated heterocycles. The summed E-state index contributed by atoms with van der Waals surface area (Å²) in [6.45, 7) is 2.72. The van der Waals surface area contributed by atoms with Crippen molar-refractivity contribution in [1.29, 1.82) is 0 Å². The second-order valence-electron chi connectivity index (χ2n) is 7.18. The van der Waals surface area contributed by atoms with Gasteiger partial charge >= 0.3 is 0 Å². The minimum atomic E-state index is -0.230. The molecule has 0 aliphatic carbocycles. The number of amides is 4. The first-order valence-corrected chi connectivity index (χ1v) is 10.8. The number of hydrogen-bond acceptors (Lipinski definition) is 5. The maximum absolute atomic E-state index is 12.6. The second kappa shape index (κ2) is 8.31. The van der Waals surface area contributed by atoms with E-state index in [9.17, 15) is 19.2 Å². The maximum Gasteiger partial charge on any atom is 0.289 e. The first-order chi connectivity index (χ1) is 14.5. The molecule has 0 spiro atoms. The van der Waals surface area contributed by atoms with Gasteiger partial charge in [0, 0.05) is 29.9 Å². The van der Waals surface area contributed by atoms with Crippen LogP contribution in [-0.4, -0.2) is 40.2 Å². The molecule has 30 heavy (non-hydrogen) atoms. The van der Waals surface area contributed by atoms with Crippen LogP contribution in [-0.2, 0) is 22.6 Å². The minimum Gasteiger partial charge on any atom is -0.322 e. The molecule has 2 aromatic rings. The van der Waals surface area contributed by atoms with Gasteiger partial charge < -0.3 is 10.2 Å². The third kappa shape index (κ3) is 3.95. The van der Waals surface area contributed by atoms with Gasteiger partial charge in [-0.1, -0.05) is 30.8 Å². The van der Waals surface area contributed by atoms with Crippen molar-refractivity contribution >= 4 is 46.1 Å². The van der Waals surface area contributed by atoms with E-state index in [0.717, 1.165) is 35.0 Å². The van der Waals surface area contributed by atoms with Crippen molar-refractivity contribution in [2.45, 2.75) is 26.3 Å². The van der Waals surface area contributed by atoms with Crippen molar-refractivity contribution in [2.75, 3.05) is 22.5 Å². The molecule has 7 nitrogen and oxygen atoms in total. The van der Waals surface area contributed by atoms with Crippen LogP contribution < -0.4 is 10.2 Å². The Hall–Kier alpha value is -3.13. The predicted octanol–water partition coefficient (Wildman–Crippen LogP) is 3.43. The summed E-state index contributed by atoms with van der Waals surface area (Å²) < 4.78 is 0. The zero-order valence-electron chi connectivity index (χ0n) is 16.5. The second-order valence-corrected chi connectivity index (χ2v) is 8.10. The van der Waals surface area contributed by atoms with Gasteiger partial charge in [-0.05, 0) is 47.9 Å². The Labute approximate surface area is 178 Å². The van der Waals surface area contributed by atoms with Crippen LogP contribution in [0.5, 0.6) is 0 Å². The molecule has 0 radical (unpaired) electrons. The monoisotopic (exact) mass is 423 g/mol. The Morgan fingerprint density at radius 3 is 2.53 bits per heavy atom. The Morgan fingerprint density at radius 1 is 1.10 bits per heavy atom. The number of nitrogens with one attached hydrogen (secondary N) is 1. The summed E-state index contributed by atoms with van der Waals surface area (Å²) in [6.07, 6.45) is 1.19. The lowest BCUT2D eigenvalue weighted by Crippen LogP contribution is -2.27. The number of carbonyl (C=O) groups is 4. The van der Waals surface area contributed by atoms with E-state index in [4.69, 9.17) is 0 Å². The van der Waals surface area contributed by atoms with Crippen LogP contribution in [0.15, 0.2) is 42.5 Å². The fraction of sp³-hybridized carbons (Fsp3) is 0.273. The fourth-order valence-corrected chi connectivity index (χ4v) is 4.33. The molecule has 4 amide bonds. The highest BCUT2D eigenvalue weighted by atomic mass is 32.2. The molecule has 0 aromatic heterocycles. The van der Waals surface area contributed by atoms with Crippen LogP contribution in [0.1, 0.15) is 34.8 Å². The molecule has 154 valence electrons. The van der Waals surface area contributed by atoms with Crippen LogP contribution in [0.25, 0.3) is 0 Å². The largest absolute Gasteiger partial charge is 0.322 e. The van der Waals surface area contributed by atoms with Gasteiger partial charge in [-0.2, -0.15) is 0 Å². The lowest BCUT2D eigenvalue weighted by Gasteiger charge is -2.16. The Morgan fingerprint density at radius 2 is 1.87 bits per heavy atom. The number of thioether (sulfide) groups is 1. The topological polar surface area (TPSA) is 86.8 Å². The van der Waals surface area contributed by atoms with Gasteiger partial charge in [-0.25, -0.2) is 0 Å². The molecular weight excluding hydrogens is 402 g/mol. The van der Waals surface area contributed by atoms with E-state index in [1.165, 1.54) is 4.90 Å². The van der Waals surface area contributed by atoms with E-state index in [2.05, 4.69) is 5.32 Å². The number of nitrogens with zero attached hydrogens (tertiary/aromatic N) is 2. The molecule has 1 fully saturated rings. The van der Waals surface area contributed by atoms with Crippen LogP contribution in [0, 0.1) is 0 Å². The van der Waals surface area contributed by atoms with Gasteiger partial charge in [0.25, 0.3) is 11.1 Å². The van der Waals surface area contributed by atoms with Gasteiger partial charge in [0.05, 0.1) is 12.3 Å². The molecule has 0 unspecified atom stereocenters. The van der Waals surface area contributed by atoms with Gasteiger partial charge in [-0.3, -0.25) is 24.1 Å². The van der Waals surface area contributed by atoms with Crippen molar-refractivity contribution in [1.82, 2.24) is 4.90 Å². The average Bonchev–Trinajstić information content (AvgIpc) is 3.32. The van der Waals surface area contributed by atoms with Crippen molar-refractivity contribution in [3.8, 4) is 0 Å². The number of rotatable bonds is 5. The molecule has 2 aliphatic rings. The summed E-state index contributed by atoms with van der Waals surface area (Å²) in [6, 6.07) is 12.5. The Balaban J connectivity index is 1.41. The van der Waals surface area contributed by atoms with Gasteiger partial charge in [0.15, 0.2) is 0 Å². The summed E-state index contributed by atoms with van der Waals surface area (Å²) in [5.41, 5.74) is 3.86. The number of hydrogen-bond donors (Lipinski definition) is 1. The molecule has 0 bridgehead atoms. The molecule has 0 atom stereocenters. The van der Waals surface area contributed by atoms with Gasteiger partial charge in [-0.15, -0.1) is 0 Å². The van der Waals surface area contributed by atoms with Crippen molar-refractivity contribution in [2.24, 2.45) is 0 Å². The first-order valence-electron chi connectivity index (χ1n) is 9.77. The van der Waals surface area contributed by atoms with Crippen molar-refractivity contribution < 1.29 is 19.2 Å². The number of anilines is 2. The van der Waals surface area contributed by atoms with E-state index < -0.39 is 0 Å². The summed E-state index contributed by atoms with van der Waals surface area (Å²) in [5.74, 6) is -0.134. The lowest BCUT2D eigenvalue weighted by molar-refractivity contribution is -0.125. The summed E-state index contributed by atoms with van der Waals surface area (Å²) in [7, 11) is 0. The lowest BCUT2D eigenvalue weighted by atomic mass is 10.1. The molecule has 8 heteroatoms. The molecule has 1 N–H and O–H groups in total. The molecule has 2 heterocycles. The zero-order chi connectivity index (χ0) is 21.3. The van der Waals surface area contributed by atoms with Crippen LogP contribution in [0.3, 0.4) is 0 Å². The van der Waals surface area contributed by atoms with Gasteiger partial charge in [0.1, 0.15) is 0 Å². The minimum absolute atomic E-state index is 0.0852. The summed E-state index contributed by atoms with van der Waals surface area (Å²) in [5, 5.41) is 2.63. The van der Waals surface area contributed by atoms with Gasteiger partial charge in [0.2, 0.25) is 11.8 Å². The van der Waals surface area contributed by atoms with E-state index in [1.54, 1.807) is 35.2 Å². The van der Waals surface area contributed by atoms with Crippen molar-refractivity contribution in [3.63, 3.8) is 0 Å². The first kappa shape index (κ1) is 20.2. The Bertz CT molecular complexity index is 1020. The molecule has 2 aliphatic heterocycles. The smallest absolute Gasteiger partial charge is 0.289 e. The normalized spacial score (nSPS) is 15.5. The van der Waals surface area contributed by atoms with E-state index >= 15 is 0 Å². The predicted molar refractivity (Wildman–Crippen MR) is 116 cm³/mol. The molecule has 4 rings (SSSR count). The standard InChI is InChI=1S/C22H21N3O4S/c1-2-19(26)24-10-9-15-11-16(5-8-18(15)24)21(28)23-17-6-3-14(4-7-17)12-25-20(27)13-30-22(25)29/h3-8,11H,2,9-10,12-13H2,1H3,(H,23,28). The van der Waals surface area contributed by atoms with Crippen molar-refractivity contribution in [3.05, 3.63) is 59.2 Å². The summed E-state index contributed by atoms with van der Waals surface area (Å²) in [4.78, 5) is 51.1. The third-order valence-corrected chi connectivity index (χ3v) is 6.09. The number of imide groups is 1. The quantitative estimate of drug-likeness (QED) is 0.796. The van der Waals surface area contributed by atoms with Crippen LogP contribution in [0.2, 0.25) is 0 Å². The van der Waals surface area contributed by atoms with E-state index in [0.29, 0.717) is 24.2 Å². The molecular formula is C22H21N3O4S. The van der Waals surface area contributed by atoms with Crippen LogP contribution in [0.4, 0.5) is 16.2 Å². The SMILES string of the molecule is CCC(=O)N1CCc2cc(C(=O)Nc3ccc(CN4C(=O)CSC4=O)cc3)ccc21. The molecule has 2 aromatic carbocycles. The highest BCUT2D eigenvalue weighted by Gasteiger charge is 2.29. The number of carbonyl (C=O) groups excluding carboxylic acids is 4. The highest BCUT2D eigenvalue weighted by Crippen LogP contribution is 2.29. The third-order valence-electron chi connectivity index (χ3n) is 5.23. The average molecular weight is 423 g/mol.